The van der Waals surface area contributed by atoms with Crippen molar-refractivity contribution >= 4 is 0 Å². The highest BCUT2D eigenvalue weighted by Crippen LogP contribution is 2.19. The molecule has 1 aromatic heterocycles. The minimum Gasteiger partial charge on any atom is -0.341 e. The summed E-state index contributed by atoms with van der Waals surface area (Å²) in [7, 11) is 0. The van der Waals surface area contributed by atoms with Gasteiger partial charge in [0.1, 0.15) is 5.82 Å². The molecule has 0 aliphatic carbocycles. The van der Waals surface area contributed by atoms with Crippen LogP contribution in [0.5, 0.6) is 0 Å². The number of aromatic nitrogens is 2. The zero-order chi connectivity index (χ0) is 13.0. The lowest BCUT2D eigenvalue weighted by molar-refractivity contribution is 0.549. The van der Waals surface area contributed by atoms with Gasteiger partial charge in [-0.1, -0.05) is 38.1 Å². The Hall–Kier alpha value is -1.61. The molecule has 2 aromatic rings. The van der Waals surface area contributed by atoms with Gasteiger partial charge in [0.15, 0.2) is 0 Å². The molecule has 1 heterocycles. The number of hydrogen-bond acceptors (Lipinski definition) is 2. The van der Waals surface area contributed by atoms with Crippen molar-refractivity contribution in [2.75, 3.05) is 6.54 Å². The molecule has 1 aromatic carbocycles. The molecular weight excluding hydrogens is 222 g/mol. The van der Waals surface area contributed by atoms with Gasteiger partial charge < -0.3 is 10.3 Å². The van der Waals surface area contributed by atoms with Crippen LogP contribution in [0.1, 0.15) is 25.1 Å². The SMILES string of the molecule is Cc1ccccc1-c1ncc(CNCC(C)C)[nH]1. The van der Waals surface area contributed by atoms with Crippen molar-refractivity contribution in [3.63, 3.8) is 0 Å². The van der Waals surface area contributed by atoms with Gasteiger partial charge in [-0.15, -0.1) is 0 Å². The fourth-order valence-corrected chi connectivity index (χ4v) is 1.92. The van der Waals surface area contributed by atoms with Crippen molar-refractivity contribution in [3.8, 4) is 11.4 Å². The molecule has 0 fully saturated rings. The number of nitrogens with zero attached hydrogens (tertiary/aromatic N) is 1. The molecule has 0 saturated carbocycles. The van der Waals surface area contributed by atoms with Gasteiger partial charge in [0, 0.05) is 24.0 Å². The first-order valence-electron chi connectivity index (χ1n) is 6.47. The average Bonchev–Trinajstić information content (AvgIpc) is 2.78. The summed E-state index contributed by atoms with van der Waals surface area (Å²) in [6, 6.07) is 8.29. The maximum absolute atomic E-state index is 4.45. The number of nitrogens with one attached hydrogen (secondary N) is 2. The second kappa shape index (κ2) is 5.83. The fourth-order valence-electron chi connectivity index (χ4n) is 1.92. The normalized spacial score (nSPS) is 11.1. The fraction of sp³-hybridized carbons (Fsp3) is 0.400. The maximum Gasteiger partial charge on any atom is 0.137 e. The third-order valence-corrected chi connectivity index (χ3v) is 2.90. The Kier molecular flexibility index (Phi) is 4.15. The lowest BCUT2D eigenvalue weighted by Crippen LogP contribution is -2.19. The number of aryl methyl sites for hydroxylation is 1. The van der Waals surface area contributed by atoms with Crippen LogP contribution in [0.15, 0.2) is 30.5 Å². The van der Waals surface area contributed by atoms with Gasteiger partial charge in [-0.2, -0.15) is 0 Å². The molecule has 18 heavy (non-hydrogen) atoms. The molecule has 0 aliphatic rings. The molecule has 0 saturated heterocycles. The molecule has 0 bridgehead atoms. The zero-order valence-corrected chi connectivity index (χ0v) is 11.3. The lowest BCUT2D eigenvalue weighted by Gasteiger charge is -2.05. The Morgan fingerprint density at radius 3 is 2.78 bits per heavy atom. The minimum absolute atomic E-state index is 0.670. The summed E-state index contributed by atoms with van der Waals surface area (Å²) in [5, 5.41) is 3.41. The van der Waals surface area contributed by atoms with Crippen molar-refractivity contribution in [3.05, 3.63) is 41.7 Å². The summed E-state index contributed by atoms with van der Waals surface area (Å²) in [6.07, 6.45) is 1.91. The van der Waals surface area contributed by atoms with E-state index in [4.69, 9.17) is 0 Å². The third-order valence-electron chi connectivity index (χ3n) is 2.90. The van der Waals surface area contributed by atoms with E-state index in [1.807, 2.05) is 18.3 Å². The Labute approximate surface area is 109 Å². The monoisotopic (exact) mass is 243 g/mol. The van der Waals surface area contributed by atoms with E-state index in [2.05, 4.69) is 48.2 Å². The third kappa shape index (κ3) is 3.20. The number of aromatic amines is 1. The van der Waals surface area contributed by atoms with Gasteiger partial charge in [-0.25, -0.2) is 4.98 Å². The molecule has 3 heteroatoms. The smallest absolute Gasteiger partial charge is 0.137 e. The van der Waals surface area contributed by atoms with Gasteiger partial charge >= 0.3 is 0 Å². The van der Waals surface area contributed by atoms with Crippen LogP contribution in [0.25, 0.3) is 11.4 Å². The summed E-state index contributed by atoms with van der Waals surface area (Å²) in [5.74, 6) is 1.62. The van der Waals surface area contributed by atoms with Crippen molar-refractivity contribution < 1.29 is 0 Å². The molecule has 96 valence electrons. The van der Waals surface area contributed by atoms with Crippen LogP contribution in [0.2, 0.25) is 0 Å². The van der Waals surface area contributed by atoms with Crippen molar-refractivity contribution in [1.82, 2.24) is 15.3 Å². The first kappa shape index (κ1) is 12.8. The number of benzene rings is 1. The predicted octanol–water partition coefficient (Wildman–Crippen LogP) is 3.13. The minimum atomic E-state index is 0.670. The standard InChI is InChI=1S/C15H21N3/c1-11(2)8-16-9-13-10-17-15(18-13)14-7-5-4-6-12(14)3/h4-7,10-11,16H,8-9H2,1-3H3,(H,17,18). The molecule has 0 radical (unpaired) electrons. The highest BCUT2D eigenvalue weighted by molar-refractivity contribution is 5.59. The van der Waals surface area contributed by atoms with E-state index in [-0.39, 0.29) is 0 Å². The van der Waals surface area contributed by atoms with Crippen LogP contribution in [0.4, 0.5) is 0 Å². The number of hydrogen-bond donors (Lipinski definition) is 2. The van der Waals surface area contributed by atoms with E-state index in [0.717, 1.165) is 24.6 Å². The van der Waals surface area contributed by atoms with E-state index in [1.54, 1.807) is 0 Å². The summed E-state index contributed by atoms with van der Waals surface area (Å²) >= 11 is 0. The van der Waals surface area contributed by atoms with E-state index in [1.165, 1.54) is 11.1 Å². The zero-order valence-electron chi connectivity index (χ0n) is 11.3. The second-order valence-corrected chi connectivity index (χ2v) is 5.10. The predicted molar refractivity (Wildman–Crippen MR) is 75.3 cm³/mol. The molecule has 0 unspecified atom stereocenters. The summed E-state index contributed by atoms with van der Waals surface area (Å²) in [4.78, 5) is 7.82. The van der Waals surface area contributed by atoms with Crippen LogP contribution in [0, 0.1) is 12.8 Å². The van der Waals surface area contributed by atoms with Crippen LogP contribution >= 0.6 is 0 Å². The molecule has 3 nitrogen and oxygen atoms in total. The molecule has 0 spiro atoms. The van der Waals surface area contributed by atoms with E-state index in [9.17, 15) is 0 Å². The van der Waals surface area contributed by atoms with Gasteiger partial charge in [-0.05, 0) is 24.9 Å². The molecule has 0 atom stereocenters. The summed E-state index contributed by atoms with van der Waals surface area (Å²) in [5.41, 5.74) is 3.55. The van der Waals surface area contributed by atoms with Crippen LogP contribution in [0.3, 0.4) is 0 Å². The quantitative estimate of drug-likeness (QED) is 0.847. The van der Waals surface area contributed by atoms with E-state index >= 15 is 0 Å². The second-order valence-electron chi connectivity index (χ2n) is 5.10. The van der Waals surface area contributed by atoms with Crippen LogP contribution in [-0.2, 0) is 6.54 Å². The van der Waals surface area contributed by atoms with Crippen LogP contribution in [-0.4, -0.2) is 16.5 Å². The van der Waals surface area contributed by atoms with Gasteiger partial charge in [0.25, 0.3) is 0 Å². The topological polar surface area (TPSA) is 40.7 Å². The molecule has 0 amide bonds. The highest BCUT2D eigenvalue weighted by atomic mass is 15.0. The molecule has 2 rings (SSSR count). The Morgan fingerprint density at radius 1 is 1.28 bits per heavy atom. The van der Waals surface area contributed by atoms with Gasteiger partial charge in [0.05, 0.1) is 0 Å². The Bertz CT molecular complexity index is 500. The molecule has 0 aliphatic heterocycles. The van der Waals surface area contributed by atoms with E-state index < -0.39 is 0 Å². The maximum atomic E-state index is 4.45. The number of H-pyrrole nitrogens is 1. The summed E-state index contributed by atoms with van der Waals surface area (Å²) in [6.45, 7) is 8.39. The lowest BCUT2D eigenvalue weighted by atomic mass is 10.1. The highest BCUT2D eigenvalue weighted by Gasteiger charge is 2.05. The first-order valence-corrected chi connectivity index (χ1v) is 6.47. The van der Waals surface area contributed by atoms with Crippen LogP contribution < -0.4 is 5.32 Å². The number of rotatable bonds is 5. The van der Waals surface area contributed by atoms with Gasteiger partial charge in [0.2, 0.25) is 0 Å². The summed E-state index contributed by atoms with van der Waals surface area (Å²) < 4.78 is 0. The van der Waals surface area contributed by atoms with Crippen molar-refractivity contribution in [2.45, 2.75) is 27.3 Å². The molecular formula is C15H21N3. The Morgan fingerprint density at radius 2 is 2.06 bits per heavy atom. The van der Waals surface area contributed by atoms with Crippen molar-refractivity contribution in [2.24, 2.45) is 5.92 Å². The van der Waals surface area contributed by atoms with E-state index in [0.29, 0.717) is 5.92 Å². The number of imidazole rings is 1. The van der Waals surface area contributed by atoms with Gasteiger partial charge in [-0.3, -0.25) is 0 Å². The largest absolute Gasteiger partial charge is 0.341 e. The average molecular weight is 243 g/mol. The van der Waals surface area contributed by atoms with Crippen molar-refractivity contribution in [1.29, 1.82) is 0 Å². The first-order chi connectivity index (χ1) is 8.66. The Balaban J connectivity index is 2.04. The molecule has 2 N–H and O–H groups in total.